The summed E-state index contributed by atoms with van der Waals surface area (Å²) in [5.74, 6) is -2.23. The Labute approximate surface area is 582 Å². The number of phosphoric acid groups is 2. The predicted octanol–water partition coefficient (Wildman–Crippen LogP) is 21.2. The molecule has 0 saturated heterocycles. The third-order valence-electron chi connectivity index (χ3n) is 15.5. The van der Waals surface area contributed by atoms with Crippen LogP contribution >= 0.6 is 15.6 Å². The number of ether oxygens (including phenoxy) is 4. The van der Waals surface area contributed by atoms with Crippen LogP contribution in [-0.2, 0) is 65.4 Å². The van der Waals surface area contributed by atoms with Gasteiger partial charge in [0.05, 0.1) is 26.4 Å². The lowest BCUT2D eigenvalue weighted by atomic mass is 10.1. The van der Waals surface area contributed by atoms with Gasteiger partial charge in [0.2, 0.25) is 0 Å². The van der Waals surface area contributed by atoms with Gasteiger partial charge in [-0.15, -0.1) is 0 Å². The number of carbonyl (C=O) groups excluding carboxylic acids is 4. The van der Waals surface area contributed by atoms with Crippen molar-refractivity contribution in [3.05, 3.63) is 97.2 Å². The predicted molar refractivity (Wildman–Crippen MR) is 390 cm³/mol. The van der Waals surface area contributed by atoms with E-state index < -0.39 is 97.5 Å². The van der Waals surface area contributed by atoms with E-state index in [9.17, 15) is 43.2 Å². The Kier molecular flexibility index (Phi) is 66.6. The number of phosphoric ester groups is 2. The minimum atomic E-state index is -4.98. The maximum Gasteiger partial charge on any atom is 0.472 e. The van der Waals surface area contributed by atoms with E-state index in [1.807, 2.05) is 0 Å². The van der Waals surface area contributed by atoms with Gasteiger partial charge in [0.25, 0.3) is 0 Å². The molecule has 0 amide bonds. The van der Waals surface area contributed by atoms with Crippen LogP contribution in [0.25, 0.3) is 0 Å². The maximum absolute atomic E-state index is 13.1. The Bertz CT molecular complexity index is 2200. The average molecular weight is 1390 g/mol. The summed E-state index contributed by atoms with van der Waals surface area (Å²) in [6.07, 6.45) is 71.1. The molecular formula is C77H134O17P2. The van der Waals surface area contributed by atoms with Crippen molar-refractivity contribution in [1.29, 1.82) is 0 Å². The van der Waals surface area contributed by atoms with Gasteiger partial charge in [0.15, 0.2) is 12.2 Å². The van der Waals surface area contributed by atoms with Crippen molar-refractivity contribution < 1.29 is 80.2 Å². The van der Waals surface area contributed by atoms with Gasteiger partial charge < -0.3 is 33.8 Å². The third-order valence-corrected chi connectivity index (χ3v) is 17.4. The van der Waals surface area contributed by atoms with Crippen LogP contribution in [-0.4, -0.2) is 96.7 Å². The molecule has 5 atom stereocenters. The zero-order valence-corrected chi connectivity index (χ0v) is 62.1. The minimum Gasteiger partial charge on any atom is -0.462 e. The summed E-state index contributed by atoms with van der Waals surface area (Å²) < 4.78 is 68.4. The molecule has 19 heteroatoms. The maximum atomic E-state index is 13.1. The fourth-order valence-corrected chi connectivity index (χ4v) is 11.3. The van der Waals surface area contributed by atoms with E-state index in [1.54, 1.807) is 0 Å². The van der Waals surface area contributed by atoms with Crippen LogP contribution in [0.1, 0.15) is 310 Å². The van der Waals surface area contributed by atoms with E-state index in [1.165, 1.54) is 44.9 Å². The second kappa shape index (κ2) is 69.5. The largest absolute Gasteiger partial charge is 0.472 e. The second-order valence-electron chi connectivity index (χ2n) is 24.8. The van der Waals surface area contributed by atoms with Crippen molar-refractivity contribution >= 4 is 39.5 Å². The summed E-state index contributed by atoms with van der Waals surface area (Å²) >= 11 is 0. The number of hydrogen-bond acceptors (Lipinski definition) is 15. The topological polar surface area (TPSA) is 237 Å². The molecule has 0 spiro atoms. The van der Waals surface area contributed by atoms with E-state index >= 15 is 0 Å². The molecule has 0 aromatic rings. The Hall–Kier alpha value is -4.02. The molecule has 5 unspecified atom stereocenters. The number of unbranched alkanes of at least 4 members (excludes halogenated alkanes) is 28. The zero-order chi connectivity index (χ0) is 70.4. The highest BCUT2D eigenvalue weighted by molar-refractivity contribution is 7.47. The molecule has 554 valence electrons. The molecule has 0 aliphatic heterocycles. The van der Waals surface area contributed by atoms with Gasteiger partial charge in [-0.05, 0) is 141 Å². The molecule has 0 saturated carbocycles. The monoisotopic (exact) mass is 1390 g/mol. The molecule has 0 heterocycles. The van der Waals surface area contributed by atoms with Crippen molar-refractivity contribution in [2.75, 3.05) is 39.6 Å². The van der Waals surface area contributed by atoms with Gasteiger partial charge in [0, 0.05) is 25.7 Å². The van der Waals surface area contributed by atoms with Gasteiger partial charge in [-0.25, -0.2) is 9.13 Å². The van der Waals surface area contributed by atoms with E-state index in [2.05, 4.69) is 125 Å². The highest BCUT2D eigenvalue weighted by Gasteiger charge is 2.30. The first-order valence-electron chi connectivity index (χ1n) is 37.5. The number of allylic oxidation sites excluding steroid dienone is 16. The van der Waals surface area contributed by atoms with Crippen molar-refractivity contribution in [3.8, 4) is 0 Å². The molecule has 96 heavy (non-hydrogen) atoms. The van der Waals surface area contributed by atoms with Gasteiger partial charge in [-0.3, -0.25) is 37.3 Å². The van der Waals surface area contributed by atoms with Crippen molar-refractivity contribution in [1.82, 2.24) is 0 Å². The molecule has 0 radical (unpaired) electrons. The van der Waals surface area contributed by atoms with Crippen molar-refractivity contribution in [2.24, 2.45) is 0 Å². The SMILES string of the molecule is CC/C=C\C/C=C\C/C=C\CCCCCCCC(=O)OCC(COP(=O)(O)OCC(O)COP(=O)(O)OCC(COC(=O)CCCCCCC/C=C\C/C=C\CCCCC)OC(=O)CCCCCCC/C=C\CCCCCC)OC(=O)CCCCCCC/C=C\C/C=C\CCC. The van der Waals surface area contributed by atoms with Crippen LogP contribution in [0.4, 0.5) is 0 Å². The minimum absolute atomic E-state index is 0.0741. The average Bonchev–Trinajstić information content (AvgIpc) is 1.14. The lowest BCUT2D eigenvalue weighted by molar-refractivity contribution is -0.161. The lowest BCUT2D eigenvalue weighted by Gasteiger charge is -2.21. The number of hydrogen-bond donors (Lipinski definition) is 3. The Morgan fingerprint density at radius 3 is 0.906 bits per heavy atom. The molecule has 17 nitrogen and oxygen atoms in total. The number of aliphatic hydroxyl groups is 1. The molecular weight excluding hydrogens is 1260 g/mol. The highest BCUT2D eigenvalue weighted by atomic mass is 31.2. The molecule has 3 N–H and O–H groups in total. The summed E-state index contributed by atoms with van der Waals surface area (Å²) in [5, 5.41) is 10.6. The van der Waals surface area contributed by atoms with Gasteiger partial charge in [-0.1, -0.05) is 240 Å². The molecule has 0 rings (SSSR count). The van der Waals surface area contributed by atoms with Crippen LogP contribution in [0.2, 0.25) is 0 Å². The molecule has 0 bridgehead atoms. The quantitative estimate of drug-likeness (QED) is 0.0169. The number of rotatable bonds is 70. The zero-order valence-electron chi connectivity index (χ0n) is 60.3. The molecule has 0 aliphatic carbocycles. The van der Waals surface area contributed by atoms with Crippen molar-refractivity contribution in [3.63, 3.8) is 0 Å². The van der Waals surface area contributed by atoms with Crippen LogP contribution in [0.5, 0.6) is 0 Å². The van der Waals surface area contributed by atoms with Gasteiger partial charge in [-0.2, -0.15) is 0 Å². The fraction of sp³-hybridized carbons (Fsp3) is 0.740. The van der Waals surface area contributed by atoms with Gasteiger partial charge >= 0.3 is 39.5 Å². The standard InChI is InChI=1S/C77H134O17P2/c1-5-9-13-17-21-25-29-33-35-39-41-45-49-53-57-61-74(79)87-67-72(93-76(81)63-59-55-51-47-43-37-31-27-23-19-15-11-7-3)69-91-95(83,84)89-65-71(78)66-90-96(85,86)92-70-73(94-77(82)64-60-56-52-48-44-38-32-28-24-20-16-12-8-4)68-88-75(80)62-58-54-50-46-42-40-36-34-30-26-22-18-14-10-6-2/h9,13,15,19,21-22,25-28,31-36,71-73,78H,5-8,10-12,14,16-18,20,23-24,29-30,37-70H2,1-4H3,(H,83,84)(H,85,86)/b13-9-,19-15-,25-21-,26-22-,31-27-,32-28-,35-33-,36-34-. The smallest absolute Gasteiger partial charge is 0.462 e. The summed E-state index contributed by atoms with van der Waals surface area (Å²) in [6.45, 7) is 4.60. The Morgan fingerprint density at radius 1 is 0.302 bits per heavy atom. The number of aliphatic hydroxyl groups excluding tert-OH is 1. The summed E-state index contributed by atoms with van der Waals surface area (Å²) in [4.78, 5) is 72.8. The third kappa shape index (κ3) is 68.5. The van der Waals surface area contributed by atoms with E-state index in [-0.39, 0.29) is 25.7 Å². The first kappa shape index (κ1) is 92.0. The first-order valence-corrected chi connectivity index (χ1v) is 40.5. The Balaban J connectivity index is 5.36. The number of carbonyl (C=O) groups is 4. The normalized spacial score (nSPS) is 14.5. The second-order valence-corrected chi connectivity index (χ2v) is 27.8. The van der Waals surface area contributed by atoms with E-state index in [4.69, 9.17) is 37.0 Å². The van der Waals surface area contributed by atoms with E-state index in [0.717, 1.165) is 186 Å². The van der Waals surface area contributed by atoms with Crippen LogP contribution in [0, 0.1) is 0 Å². The van der Waals surface area contributed by atoms with Crippen LogP contribution < -0.4 is 0 Å². The molecule has 0 fully saturated rings. The molecule has 0 aliphatic rings. The van der Waals surface area contributed by atoms with Crippen LogP contribution in [0.3, 0.4) is 0 Å². The van der Waals surface area contributed by atoms with E-state index in [0.29, 0.717) is 25.7 Å². The summed E-state index contributed by atoms with van der Waals surface area (Å²) in [6, 6.07) is 0. The first-order chi connectivity index (χ1) is 46.7. The summed E-state index contributed by atoms with van der Waals surface area (Å²) in [5.41, 5.74) is 0. The summed E-state index contributed by atoms with van der Waals surface area (Å²) in [7, 11) is -9.96. The lowest BCUT2D eigenvalue weighted by Crippen LogP contribution is -2.30. The van der Waals surface area contributed by atoms with Crippen LogP contribution in [0.15, 0.2) is 97.2 Å². The molecule has 0 aromatic carbocycles. The number of esters is 4. The Morgan fingerprint density at radius 2 is 0.562 bits per heavy atom. The van der Waals surface area contributed by atoms with Crippen molar-refractivity contribution in [2.45, 2.75) is 329 Å². The van der Waals surface area contributed by atoms with Gasteiger partial charge in [0.1, 0.15) is 19.3 Å². The fourth-order valence-electron chi connectivity index (χ4n) is 9.77. The molecule has 0 aromatic heterocycles. The highest BCUT2D eigenvalue weighted by Crippen LogP contribution is 2.45.